The van der Waals surface area contributed by atoms with Gasteiger partial charge in [-0.2, -0.15) is 0 Å². The molecule has 6 nitrogen and oxygen atoms in total. The second kappa shape index (κ2) is 7.47. The first-order valence-corrected chi connectivity index (χ1v) is 6.17. The monoisotopic (exact) mass is 252 g/mol. The van der Waals surface area contributed by atoms with Gasteiger partial charge >= 0.3 is 6.03 Å². The second-order valence-electron chi connectivity index (χ2n) is 4.16. The summed E-state index contributed by atoms with van der Waals surface area (Å²) >= 11 is 0. The van der Waals surface area contributed by atoms with Gasteiger partial charge in [0.2, 0.25) is 5.88 Å². The summed E-state index contributed by atoms with van der Waals surface area (Å²) in [6.45, 7) is 6.55. The number of carbonyl (C=O) groups excluding carboxylic acids is 1. The van der Waals surface area contributed by atoms with Crippen LogP contribution in [0.5, 0.6) is 5.88 Å². The van der Waals surface area contributed by atoms with Gasteiger partial charge in [0, 0.05) is 12.6 Å². The number of ether oxygens (including phenoxy) is 1. The molecule has 0 saturated heterocycles. The SMILES string of the molecule is CCCCNC(=O)Nc1ccc(OC(C)C)nn1. The molecule has 0 atom stereocenters. The van der Waals surface area contributed by atoms with E-state index in [2.05, 4.69) is 27.8 Å². The number of unbranched alkanes of at least 4 members (excludes halogenated alkanes) is 1. The van der Waals surface area contributed by atoms with Crippen molar-refractivity contribution in [2.75, 3.05) is 11.9 Å². The van der Waals surface area contributed by atoms with Crippen molar-refractivity contribution >= 4 is 11.8 Å². The van der Waals surface area contributed by atoms with Crippen molar-refractivity contribution in [1.82, 2.24) is 15.5 Å². The molecule has 0 spiro atoms. The van der Waals surface area contributed by atoms with Crippen LogP contribution in [0.2, 0.25) is 0 Å². The Morgan fingerprint density at radius 3 is 2.72 bits per heavy atom. The molecule has 2 amide bonds. The van der Waals surface area contributed by atoms with Crippen LogP contribution in [0.3, 0.4) is 0 Å². The van der Waals surface area contributed by atoms with Crippen molar-refractivity contribution in [3.05, 3.63) is 12.1 Å². The number of aromatic nitrogens is 2. The zero-order valence-electron chi connectivity index (χ0n) is 11.1. The van der Waals surface area contributed by atoms with E-state index in [1.165, 1.54) is 0 Å². The molecule has 100 valence electrons. The molecule has 1 aromatic heterocycles. The van der Waals surface area contributed by atoms with Gasteiger partial charge in [0.1, 0.15) is 0 Å². The van der Waals surface area contributed by atoms with Crippen LogP contribution in [0.4, 0.5) is 10.6 Å². The summed E-state index contributed by atoms with van der Waals surface area (Å²) in [5.41, 5.74) is 0. The molecule has 0 aliphatic carbocycles. The van der Waals surface area contributed by atoms with Gasteiger partial charge in [-0.25, -0.2) is 4.79 Å². The minimum atomic E-state index is -0.268. The first-order valence-electron chi connectivity index (χ1n) is 6.17. The molecule has 1 heterocycles. The maximum absolute atomic E-state index is 11.4. The average Bonchev–Trinajstić information content (AvgIpc) is 2.31. The predicted molar refractivity (Wildman–Crippen MR) is 69.7 cm³/mol. The molecule has 0 bridgehead atoms. The smallest absolute Gasteiger partial charge is 0.320 e. The van der Waals surface area contributed by atoms with Crippen molar-refractivity contribution < 1.29 is 9.53 Å². The van der Waals surface area contributed by atoms with Crippen LogP contribution in [-0.2, 0) is 0 Å². The summed E-state index contributed by atoms with van der Waals surface area (Å²) < 4.78 is 5.35. The number of nitrogens with one attached hydrogen (secondary N) is 2. The lowest BCUT2D eigenvalue weighted by molar-refractivity contribution is 0.230. The minimum Gasteiger partial charge on any atom is -0.474 e. The van der Waals surface area contributed by atoms with E-state index in [1.807, 2.05) is 13.8 Å². The van der Waals surface area contributed by atoms with Crippen LogP contribution in [0.15, 0.2) is 12.1 Å². The number of rotatable bonds is 6. The molecule has 18 heavy (non-hydrogen) atoms. The van der Waals surface area contributed by atoms with E-state index >= 15 is 0 Å². The Morgan fingerprint density at radius 2 is 2.17 bits per heavy atom. The van der Waals surface area contributed by atoms with Crippen LogP contribution in [0.25, 0.3) is 0 Å². The van der Waals surface area contributed by atoms with E-state index in [4.69, 9.17) is 4.74 Å². The molecule has 0 aromatic carbocycles. The molecule has 0 saturated carbocycles. The lowest BCUT2D eigenvalue weighted by atomic mass is 10.3. The zero-order chi connectivity index (χ0) is 13.4. The molecule has 0 aliphatic heterocycles. The van der Waals surface area contributed by atoms with Crippen molar-refractivity contribution in [2.45, 2.75) is 39.7 Å². The van der Waals surface area contributed by atoms with E-state index in [0.717, 1.165) is 12.8 Å². The molecule has 1 aromatic rings. The highest BCUT2D eigenvalue weighted by Gasteiger charge is 2.04. The fourth-order valence-electron chi connectivity index (χ4n) is 1.23. The van der Waals surface area contributed by atoms with Gasteiger partial charge in [-0.3, -0.25) is 5.32 Å². The van der Waals surface area contributed by atoms with E-state index in [-0.39, 0.29) is 12.1 Å². The molecule has 0 aliphatic rings. The average molecular weight is 252 g/mol. The van der Waals surface area contributed by atoms with Gasteiger partial charge in [0.15, 0.2) is 5.82 Å². The first kappa shape index (κ1) is 14.2. The third-order valence-corrected chi connectivity index (χ3v) is 2.05. The van der Waals surface area contributed by atoms with Gasteiger partial charge in [-0.1, -0.05) is 13.3 Å². The van der Waals surface area contributed by atoms with Crippen LogP contribution >= 0.6 is 0 Å². The summed E-state index contributed by atoms with van der Waals surface area (Å²) in [5.74, 6) is 0.849. The van der Waals surface area contributed by atoms with E-state index < -0.39 is 0 Å². The highest BCUT2D eigenvalue weighted by Crippen LogP contribution is 2.09. The molecule has 0 fully saturated rings. The number of nitrogens with zero attached hydrogens (tertiary/aromatic N) is 2. The molecule has 6 heteroatoms. The van der Waals surface area contributed by atoms with Gasteiger partial charge in [0.25, 0.3) is 0 Å². The van der Waals surface area contributed by atoms with Crippen molar-refractivity contribution in [3.63, 3.8) is 0 Å². The third-order valence-electron chi connectivity index (χ3n) is 2.05. The standard InChI is InChI=1S/C12H20N4O2/c1-4-5-8-13-12(17)14-10-6-7-11(16-15-10)18-9(2)3/h6-7,9H,4-5,8H2,1-3H3,(H2,13,14,15,17). The van der Waals surface area contributed by atoms with E-state index in [1.54, 1.807) is 12.1 Å². The largest absolute Gasteiger partial charge is 0.474 e. The van der Waals surface area contributed by atoms with Gasteiger partial charge in [-0.05, 0) is 26.3 Å². The third kappa shape index (κ3) is 5.47. The van der Waals surface area contributed by atoms with Gasteiger partial charge in [0.05, 0.1) is 6.10 Å². The number of hydrogen-bond acceptors (Lipinski definition) is 4. The Bertz CT molecular complexity index is 365. The summed E-state index contributed by atoms with van der Waals surface area (Å²) in [6, 6.07) is 3.06. The zero-order valence-corrected chi connectivity index (χ0v) is 11.1. The number of urea groups is 1. The quantitative estimate of drug-likeness (QED) is 0.761. The Kier molecular flexibility index (Phi) is 5.90. The molecule has 0 unspecified atom stereocenters. The van der Waals surface area contributed by atoms with Gasteiger partial charge < -0.3 is 10.1 Å². The summed E-state index contributed by atoms with van der Waals surface area (Å²) in [4.78, 5) is 11.4. The normalized spacial score (nSPS) is 10.2. The molecule has 0 radical (unpaired) electrons. The van der Waals surface area contributed by atoms with E-state index in [0.29, 0.717) is 18.2 Å². The lowest BCUT2D eigenvalue weighted by Crippen LogP contribution is -2.29. The van der Waals surface area contributed by atoms with Crippen LogP contribution in [-0.4, -0.2) is 28.9 Å². The minimum absolute atomic E-state index is 0.0513. The first-order chi connectivity index (χ1) is 8.61. The highest BCUT2D eigenvalue weighted by atomic mass is 16.5. The van der Waals surface area contributed by atoms with Gasteiger partial charge in [-0.15, -0.1) is 10.2 Å². The molecular weight excluding hydrogens is 232 g/mol. The Balaban J connectivity index is 2.40. The van der Waals surface area contributed by atoms with Crippen molar-refractivity contribution in [1.29, 1.82) is 0 Å². The molecule has 1 rings (SSSR count). The lowest BCUT2D eigenvalue weighted by Gasteiger charge is -2.09. The van der Waals surface area contributed by atoms with Crippen LogP contribution < -0.4 is 15.4 Å². The predicted octanol–water partition coefficient (Wildman–Crippen LogP) is 2.19. The highest BCUT2D eigenvalue weighted by molar-refractivity contribution is 5.87. The fraction of sp³-hybridized carbons (Fsp3) is 0.583. The fourth-order valence-corrected chi connectivity index (χ4v) is 1.23. The van der Waals surface area contributed by atoms with Crippen molar-refractivity contribution in [3.8, 4) is 5.88 Å². The number of carbonyl (C=O) groups is 1. The number of hydrogen-bond donors (Lipinski definition) is 2. The van der Waals surface area contributed by atoms with Crippen LogP contribution in [0.1, 0.15) is 33.6 Å². The Hall–Kier alpha value is -1.85. The van der Waals surface area contributed by atoms with E-state index in [9.17, 15) is 4.79 Å². The number of amides is 2. The summed E-state index contributed by atoms with van der Waals surface area (Å²) in [5, 5.41) is 13.0. The van der Waals surface area contributed by atoms with Crippen molar-refractivity contribution in [2.24, 2.45) is 0 Å². The van der Waals surface area contributed by atoms with Crippen LogP contribution in [0, 0.1) is 0 Å². The maximum Gasteiger partial charge on any atom is 0.320 e. The Morgan fingerprint density at radius 1 is 1.39 bits per heavy atom. The molecule has 2 N–H and O–H groups in total. The second-order valence-corrected chi connectivity index (χ2v) is 4.16. The Labute approximate surface area is 107 Å². The maximum atomic E-state index is 11.4. The molecular formula is C12H20N4O2. The number of anilines is 1. The topological polar surface area (TPSA) is 76.1 Å². The summed E-state index contributed by atoms with van der Waals surface area (Å²) in [6.07, 6.45) is 2.05. The summed E-state index contributed by atoms with van der Waals surface area (Å²) in [7, 11) is 0.